The molecule has 0 bridgehead atoms. The number of para-hydroxylation sites is 1. The van der Waals surface area contributed by atoms with Crippen molar-refractivity contribution in [3.05, 3.63) is 64.9 Å². The lowest BCUT2D eigenvalue weighted by atomic mass is 9.87. The van der Waals surface area contributed by atoms with E-state index in [0.29, 0.717) is 31.7 Å². The Hall–Kier alpha value is -3.07. The largest absolute Gasteiger partial charge is 0.492 e. The summed E-state index contributed by atoms with van der Waals surface area (Å²) in [5, 5.41) is 0.943. The number of amides is 1. The van der Waals surface area contributed by atoms with E-state index >= 15 is 8.78 Å². The van der Waals surface area contributed by atoms with Crippen LogP contribution in [0.4, 0.5) is 17.6 Å². The van der Waals surface area contributed by atoms with Crippen molar-refractivity contribution in [2.24, 2.45) is 11.8 Å². The molecule has 1 amide bonds. The molecule has 2 fully saturated rings. The Balaban J connectivity index is 1.33. The number of aromatic nitrogens is 1. The van der Waals surface area contributed by atoms with Crippen LogP contribution in [0.25, 0.3) is 10.9 Å². The standard InChI is InChI=1S/C28H29F4N3O2/c1-15-8-19-18-4-2-3-5-24(18)33-26(19)27(35(15)28(36)20-11-21(20)30)25-22(31)9-17(10-23(25)32)37-7-6-34-13-16(12-29)14-34/h2-5,9-10,15-16,20-21,27,33H,6-8,11-14H2,1H3/t15-,20?,21?,27-/m1/s1. The zero-order valence-corrected chi connectivity index (χ0v) is 20.5. The molecule has 1 aliphatic carbocycles. The SMILES string of the molecule is C[C@@H]1Cc2c([nH]c3ccccc23)[C@@H](c2c(F)cc(OCCN3CC(CF)C3)cc2F)N1C(=O)C1CC1F. The molecular formula is C28H29F4N3O2. The van der Waals surface area contributed by atoms with Gasteiger partial charge in [-0.1, -0.05) is 18.2 Å². The van der Waals surface area contributed by atoms with E-state index in [-0.39, 0.29) is 43.0 Å². The number of halogens is 4. The van der Waals surface area contributed by atoms with E-state index in [2.05, 4.69) is 4.98 Å². The number of alkyl halides is 2. The molecule has 3 aromatic rings. The summed E-state index contributed by atoms with van der Waals surface area (Å²) in [5.41, 5.74) is 2.01. The molecule has 3 heterocycles. The lowest BCUT2D eigenvalue weighted by Gasteiger charge is -2.41. The van der Waals surface area contributed by atoms with E-state index in [1.807, 2.05) is 36.1 Å². The summed E-state index contributed by atoms with van der Waals surface area (Å²) in [6, 6.07) is 8.44. The van der Waals surface area contributed by atoms with Gasteiger partial charge in [-0.15, -0.1) is 0 Å². The number of benzene rings is 2. The van der Waals surface area contributed by atoms with Crippen LogP contribution >= 0.6 is 0 Å². The first kappa shape index (κ1) is 24.3. The summed E-state index contributed by atoms with van der Waals surface area (Å²) in [5.74, 6) is -2.75. The van der Waals surface area contributed by atoms with Crippen molar-refractivity contribution in [2.45, 2.75) is 38.0 Å². The second kappa shape index (κ2) is 9.35. The van der Waals surface area contributed by atoms with Crippen LogP contribution in [0.3, 0.4) is 0 Å². The van der Waals surface area contributed by atoms with Crippen molar-refractivity contribution >= 4 is 16.8 Å². The number of likely N-dealkylation sites (tertiary alicyclic amines) is 1. The Morgan fingerprint density at radius 1 is 1.16 bits per heavy atom. The number of carbonyl (C=O) groups excluding carboxylic acids is 1. The third-order valence-electron chi connectivity index (χ3n) is 7.91. The van der Waals surface area contributed by atoms with Gasteiger partial charge in [0.15, 0.2) is 0 Å². The lowest BCUT2D eigenvalue weighted by Crippen LogP contribution is -2.49. The topological polar surface area (TPSA) is 48.6 Å². The van der Waals surface area contributed by atoms with Gasteiger partial charge in [-0.25, -0.2) is 13.2 Å². The number of aromatic amines is 1. The molecule has 9 heteroatoms. The van der Waals surface area contributed by atoms with E-state index in [4.69, 9.17) is 4.74 Å². The van der Waals surface area contributed by atoms with Gasteiger partial charge in [0, 0.05) is 60.3 Å². The molecule has 1 N–H and O–H groups in total. The summed E-state index contributed by atoms with van der Waals surface area (Å²) in [4.78, 5) is 20.1. The number of ether oxygens (including phenoxy) is 1. The average Bonchev–Trinajstić information content (AvgIpc) is 3.46. The Morgan fingerprint density at radius 3 is 2.54 bits per heavy atom. The Kier molecular flexibility index (Phi) is 6.13. The fourth-order valence-corrected chi connectivity index (χ4v) is 5.86. The van der Waals surface area contributed by atoms with Gasteiger partial charge in [0.1, 0.15) is 36.2 Å². The predicted molar refractivity (Wildman–Crippen MR) is 131 cm³/mol. The van der Waals surface area contributed by atoms with Crippen molar-refractivity contribution < 1.29 is 27.1 Å². The molecule has 2 unspecified atom stereocenters. The first-order valence-electron chi connectivity index (χ1n) is 12.8. The monoisotopic (exact) mass is 515 g/mol. The number of rotatable bonds is 7. The van der Waals surface area contributed by atoms with Crippen molar-refractivity contribution in [1.82, 2.24) is 14.8 Å². The minimum Gasteiger partial charge on any atom is -0.492 e. The van der Waals surface area contributed by atoms with Gasteiger partial charge in [-0.3, -0.25) is 14.1 Å². The fourth-order valence-electron chi connectivity index (χ4n) is 5.86. The summed E-state index contributed by atoms with van der Waals surface area (Å²) in [6.45, 7) is 3.54. The van der Waals surface area contributed by atoms with Crippen molar-refractivity contribution in [2.75, 3.05) is 32.9 Å². The van der Waals surface area contributed by atoms with E-state index in [0.717, 1.165) is 28.6 Å². The van der Waals surface area contributed by atoms with Crippen LogP contribution in [0.1, 0.15) is 36.2 Å². The molecule has 5 nitrogen and oxygen atoms in total. The van der Waals surface area contributed by atoms with Gasteiger partial charge in [-0.2, -0.15) is 0 Å². The molecule has 1 saturated heterocycles. The smallest absolute Gasteiger partial charge is 0.229 e. The Morgan fingerprint density at radius 2 is 1.86 bits per heavy atom. The van der Waals surface area contributed by atoms with Crippen molar-refractivity contribution in [3.8, 4) is 5.75 Å². The molecular weight excluding hydrogens is 486 g/mol. The predicted octanol–water partition coefficient (Wildman–Crippen LogP) is 4.95. The quantitative estimate of drug-likeness (QED) is 0.454. The van der Waals surface area contributed by atoms with Crippen LogP contribution in [-0.2, 0) is 11.2 Å². The minimum absolute atomic E-state index is 0.0472. The minimum atomic E-state index is -1.22. The number of H-pyrrole nitrogens is 1. The fraction of sp³-hybridized carbons (Fsp3) is 0.464. The third-order valence-corrected chi connectivity index (χ3v) is 7.91. The highest BCUT2D eigenvalue weighted by Crippen LogP contribution is 2.46. The molecule has 37 heavy (non-hydrogen) atoms. The zero-order chi connectivity index (χ0) is 25.8. The second-order valence-electron chi connectivity index (χ2n) is 10.6. The maximum atomic E-state index is 15.7. The normalized spacial score (nSPS) is 25.7. The van der Waals surface area contributed by atoms with Gasteiger partial charge < -0.3 is 14.6 Å². The second-order valence-corrected chi connectivity index (χ2v) is 10.6. The number of hydrogen-bond acceptors (Lipinski definition) is 3. The number of hydrogen-bond donors (Lipinski definition) is 1. The molecule has 4 atom stereocenters. The van der Waals surface area contributed by atoms with Gasteiger partial charge in [0.2, 0.25) is 5.91 Å². The number of fused-ring (bicyclic) bond motifs is 3. The lowest BCUT2D eigenvalue weighted by molar-refractivity contribution is -0.137. The highest BCUT2D eigenvalue weighted by Gasteiger charge is 2.50. The van der Waals surface area contributed by atoms with Crippen molar-refractivity contribution in [1.29, 1.82) is 0 Å². The van der Waals surface area contributed by atoms with Crippen LogP contribution in [0.2, 0.25) is 0 Å². The van der Waals surface area contributed by atoms with Crippen LogP contribution in [0.5, 0.6) is 5.75 Å². The molecule has 196 valence electrons. The Labute approximate surface area is 212 Å². The van der Waals surface area contributed by atoms with Gasteiger partial charge in [-0.05, 0) is 31.4 Å². The third kappa shape index (κ3) is 4.27. The van der Waals surface area contributed by atoms with E-state index in [1.54, 1.807) is 0 Å². The molecule has 0 spiro atoms. The molecule has 2 aliphatic heterocycles. The van der Waals surface area contributed by atoms with Gasteiger partial charge in [0.05, 0.1) is 18.2 Å². The highest BCUT2D eigenvalue weighted by atomic mass is 19.1. The molecule has 1 saturated carbocycles. The highest BCUT2D eigenvalue weighted by molar-refractivity contribution is 5.88. The first-order valence-corrected chi connectivity index (χ1v) is 12.8. The first-order chi connectivity index (χ1) is 17.9. The number of carbonyl (C=O) groups is 1. The van der Waals surface area contributed by atoms with E-state index in [1.165, 1.54) is 4.90 Å². The summed E-state index contributed by atoms with van der Waals surface area (Å²) in [7, 11) is 0. The van der Waals surface area contributed by atoms with E-state index in [9.17, 15) is 13.6 Å². The number of nitrogens with zero attached hydrogens (tertiary/aromatic N) is 2. The van der Waals surface area contributed by atoms with Crippen LogP contribution in [-0.4, -0.2) is 65.8 Å². The van der Waals surface area contributed by atoms with Gasteiger partial charge in [0.25, 0.3) is 0 Å². The maximum Gasteiger partial charge on any atom is 0.229 e. The average molecular weight is 516 g/mol. The molecule has 1 aromatic heterocycles. The molecule has 3 aliphatic rings. The number of nitrogens with one attached hydrogen (secondary N) is 1. The molecule has 0 radical (unpaired) electrons. The van der Waals surface area contributed by atoms with Crippen molar-refractivity contribution in [3.63, 3.8) is 0 Å². The zero-order valence-electron chi connectivity index (χ0n) is 20.5. The van der Waals surface area contributed by atoms with Crippen LogP contribution in [0.15, 0.2) is 36.4 Å². The molecule has 2 aromatic carbocycles. The Bertz CT molecular complexity index is 1320. The summed E-state index contributed by atoms with van der Waals surface area (Å²) >= 11 is 0. The maximum absolute atomic E-state index is 15.7. The van der Waals surface area contributed by atoms with Crippen LogP contribution in [0, 0.1) is 23.5 Å². The summed E-state index contributed by atoms with van der Waals surface area (Å²) in [6.07, 6.45) is -0.591. The summed E-state index contributed by atoms with van der Waals surface area (Å²) < 4.78 is 63.5. The van der Waals surface area contributed by atoms with Gasteiger partial charge >= 0.3 is 0 Å². The van der Waals surface area contributed by atoms with E-state index < -0.39 is 35.7 Å². The molecule has 6 rings (SSSR count). The van der Waals surface area contributed by atoms with Crippen LogP contribution < -0.4 is 4.74 Å².